The average Bonchev–Trinajstić information content (AvgIpc) is 3.22. The van der Waals surface area contributed by atoms with E-state index < -0.39 is 22.0 Å². The van der Waals surface area contributed by atoms with Gasteiger partial charge in [0.1, 0.15) is 6.04 Å². The van der Waals surface area contributed by atoms with Crippen LogP contribution in [-0.2, 0) is 14.8 Å². The molecular weight excluding hydrogens is 484 g/mol. The van der Waals surface area contributed by atoms with Gasteiger partial charge in [0.25, 0.3) is 5.91 Å². The van der Waals surface area contributed by atoms with Gasteiger partial charge >= 0.3 is 5.97 Å². The van der Waals surface area contributed by atoms with Gasteiger partial charge in [-0.3, -0.25) is 9.59 Å². The quantitative estimate of drug-likeness (QED) is 0.354. The van der Waals surface area contributed by atoms with E-state index in [0.717, 1.165) is 16.7 Å². The Morgan fingerprint density at radius 3 is 2.18 bits per heavy atom. The Balaban J connectivity index is 1.58. The number of hydrogen-bond acceptors (Lipinski definition) is 5. The molecule has 7 nitrogen and oxygen atoms in total. The normalized spacial score (nSPS) is 12.3. The molecule has 0 saturated carbocycles. The molecule has 1 amide bonds. The molecule has 10 heteroatoms. The van der Waals surface area contributed by atoms with Crippen molar-refractivity contribution < 1.29 is 23.1 Å². The molecule has 1 aromatic heterocycles. The van der Waals surface area contributed by atoms with E-state index in [1.165, 1.54) is 23.5 Å². The molecule has 2 aromatic carbocycles. The minimum Gasteiger partial charge on any atom is -0.480 e. The second kappa shape index (κ2) is 10.9. The molecule has 0 aliphatic carbocycles. The molecule has 0 saturated heterocycles. The van der Waals surface area contributed by atoms with Crippen molar-refractivity contribution in [1.82, 2.24) is 10.0 Å². The zero-order valence-electron chi connectivity index (χ0n) is 17.7. The van der Waals surface area contributed by atoms with Crippen molar-refractivity contribution in [1.29, 1.82) is 0 Å². The summed E-state index contributed by atoms with van der Waals surface area (Å²) in [6, 6.07) is 13.8. The number of carboxylic acids is 1. The highest BCUT2D eigenvalue weighted by Crippen LogP contribution is 2.23. The summed E-state index contributed by atoms with van der Waals surface area (Å²) < 4.78 is 27.7. The Kier molecular flexibility index (Phi) is 8.25. The van der Waals surface area contributed by atoms with Crippen molar-refractivity contribution >= 4 is 44.8 Å². The highest BCUT2D eigenvalue weighted by Gasteiger charge is 2.25. The van der Waals surface area contributed by atoms with E-state index in [9.17, 15) is 23.1 Å². The fourth-order valence-corrected chi connectivity index (χ4v) is 5.34. The van der Waals surface area contributed by atoms with Crippen LogP contribution in [0.3, 0.4) is 0 Å². The van der Waals surface area contributed by atoms with Gasteiger partial charge in [0.15, 0.2) is 0 Å². The first-order chi connectivity index (χ1) is 15.7. The molecule has 3 rings (SSSR count). The summed E-state index contributed by atoms with van der Waals surface area (Å²) in [6.45, 7) is 2.07. The lowest BCUT2D eigenvalue weighted by Gasteiger charge is -2.15. The predicted molar refractivity (Wildman–Crippen MR) is 129 cm³/mol. The van der Waals surface area contributed by atoms with Gasteiger partial charge in [-0.1, -0.05) is 35.9 Å². The van der Waals surface area contributed by atoms with E-state index in [-0.39, 0.29) is 23.8 Å². The van der Waals surface area contributed by atoms with E-state index in [0.29, 0.717) is 16.3 Å². The lowest BCUT2D eigenvalue weighted by Crippen LogP contribution is -2.41. The summed E-state index contributed by atoms with van der Waals surface area (Å²) in [4.78, 5) is 24.3. The first-order valence-electron chi connectivity index (χ1n) is 10.1. The second-order valence-corrected chi connectivity index (χ2v) is 10.4. The van der Waals surface area contributed by atoms with Crippen LogP contribution in [-0.4, -0.2) is 38.0 Å². The number of aliphatic carboxylic acids is 1. The van der Waals surface area contributed by atoms with E-state index in [1.54, 1.807) is 24.3 Å². The standard InChI is InChI=1S/C23H23ClN2O5S2/c1-15-12-14-32-21(15)22(27)25-13-2-3-20(23(28)29)26-33(30,31)19-10-6-17(7-11-19)16-4-8-18(24)9-5-16/h4-12,14,20,26H,2-3,13H2,1H3,(H,25,27)(H,28,29). The van der Waals surface area contributed by atoms with Gasteiger partial charge in [-0.05, 0) is 72.2 Å². The van der Waals surface area contributed by atoms with Crippen molar-refractivity contribution in [2.24, 2.45) is 0 Å². The van der Waals surface area contributed by atoms with E-state index in [1.807, 2.05) is 30.5 Å². The van der Waals surface area contributed by atoms with Crippen LogP contribution < -0.4 is 10.0 Å². The van der Waals surface area contributed by atoms with Crippen molar-refractivity contribution in [3.8, 4) is 11.1 Å². The largest absolute Gasteiger partial charge is 0.480 e. The van der Waals surface area contributed by atoms with Gasteiger partial charge in [-0.25, -0.2) is 8.42 Å². The Labute approximate surface area is 201 Å². The third-order valence-electron chi connectivity index (χ3n) is 4.96. The van der Waals surface area contributed by atoms with Crippen LogP contribution in [0.4, 0.5) is 0 Å². The number of carboxylic acid groups (broad SMARTS) is 1. The monoisotopic (exact) mass is 506 g/mol. The number of rotatable bonds is 10. The van der Waals surface area contributed by atoms with Crippen molar-refractivity contribution in [2.75, 3.05) is 6.54 Å². The second-order valence-electron chi connectivity index (χ2n) is 7.37. The number of hydrogen-bond donors (Lipinski definition) is 3. The summed E-state index contributed by atoms with van der Waals surface area (Å²) in [7, 11) is -4.04. The Hall–Kier alpha value is -2.72. The molecule has 0 fully saturated rings. The molecule has 1 unspecified atom stereocenters. The maximum absolute atomic E-state index is 12.7. The van der Waals surface area contributed by atoms with E-state index >= 15 is 0 Å². The van der Waals surface area contributed by atoms with Gasteiger partial charge < -0.3 is 10.4 Å². The van der Waals surface area contributed by atoms with Crippen LogP contribution in [0.2, 0.25) is 5.02 Å². The summed E-state index contributed by atoms with van der Waals surface area (Å²) in [5, 5.41) is 14.6. The predicted octanol–water partition coefficient (Wildman–Crippen LogP) is 4.32. The zero-order chi connectivity index (χ0) is 24.0. The minimum atomic E-state index is -4.04. The molecule has 0 aliphatic heterocycles. The summed E-state index contributed by atoms with van der Waals surface area (Å²) in [5.74, 6) is -1.51. The van der Waals surface area contributed by atoms with Crippen molar-refractivity contribution in [3.05, 3.63) is 75.4 Å². The summed E-state index contributed by atoms with van der Waals surface area (Å²) in [6.07, 6.45) is 0.326. The Morgan fingerprint density at radius 1 is 1.03 bits per heavy atom. The molecule has 0 aliphatic rings. The molecule has 3 N–H and O–H groups in total. The van der Waals surface area contributed by atoms with Gasteiger partial charge in [0.2, 0.25) is 10.0 Å². The number of sulfonamides is 1. The number of aryl methyl sites for hydroxylation is 1. The average molecular weight is 507 g/mol. The van der Waals surface area contributed by atoms with Crippen LogP contribution in [0.25, 0.3) is 11.1 Å². The molecule has 1 heterocycles. The Morgan fingerprint density at radius 2 is 1.64 bits per heavy atom. The van der Waals surface area contributed by atoms with E-state index in [2.05, 4.69) is 10.0 Å². The molecule has 1 atom stereocenters. The highest BCUT2D eigenvalue weighted by molar-refractivity contribution is 7.89. The van der Waals surface area contributed by atoms with Crippen LogP contribution in [0.1, 0.15) is 28.1 Å². The molecule has 0 bridgehead atoms. The highest BCUT2D eigenvalue weighted by atomic mass is 35.5. The van der Waals surface area contributed by atoms with Gasteiger partial charge in [-0.15, -0.1) is 11.3 Å². The van der Waals surface area contributed by atoms with Crippen LogP contribution in [0.15, 0.2) is 64.9 Å². The number of amides is 1. The number of thiophene rings is 1. The number of carbonyl (C=O) groups is 2. The fourth-order valence-electron chi connectivity index (χ4n) is 3.15. The van der Waals surface area contributed by atoms with Crippen LogP contribution in [0, 0.1) is 6.92 Å². The fraction of sp³-hybridized carbons (Fsp3) is 0.217. The maximum atomic E-state index is 12.7. The lowest BCUT2D eigenvalue weighted by atomic mass is 10.1. The van der Waals surface area contributed by atoms with Crippen molar-refractivity contribution in [3.63, 3.8) is 0 Å². The number of nitrogens with one attached hydrogen (secondary N) is 2. The molecule has 0 radical (unpaired) electrons. The number of carbonyl (C=O) groups excluding carboxylic acids is 1. The molecular formula is C23H23ClN2O5S2. The zero-order valence-corrected chi connectivity index (χ0v) is 20.1. The van der Waals surface area contributed by atoms with Gasteiger partial charge in [0, 0.05) is 11.6 Å². The third kappa shape index (κ3) is 6.64. The first-order valence-corrected chi connectivity index (χ1v) is 12.8. The first kappa shape index (κ1) is 24.9. The number of halogens is 1. The number of benzene rings is 2. The Bertz CT molecular complexity index is 1220. The SMILES string of the molecule is Cc1ccsc1C(=O)NCCCC(NS(=O)(=O)c1ccc(-c2ccc(Cl)cc2)cc1)C(=O)O. The van der Waals surface area contributed by atoms with Crippen LogP contribution >= 0.6 is 22.9 Å². The molecule has 174 valence electrons. The van der Waals surface area contributed by atoms with E-state index in [4.69, 9.17) is 11.6 Å². The smallest absolute Gasteiger partial charge is 0.321 e. The minimum absolute atomic E-state index is 0.0289. The topological polar surface area (TPSA) is 113 Å². The van der Waals surface area contributed by atoms with Crippen molar-refractivity contribution in [2.45, 2.75) is 30.7 Å². The van der Waals surface area contributed by atoms with Gasteiger partial charge in [-0.2, -0.15) is 4.72 Å². The molecule has 3 aromatic rings. The third-order valence-corrected chi connectivity index (χ3v) is 7.72. The van der Waals surface area contributed by atoms with Gasteiger partial charge in [0.05, 0.1) is 9.77 Å². The summed E-state index contributed by atoms with van der Waals surface area (Å²) >= 11 is 7.22. The maximum Gasteiger partial charge on any atom is 0.321 e. The van der Waals surface area contributed by atoms with Crippen LogP contribution in [0.5, 0.6) is 0 Å². The molecule has 33 heavy (non-hydrogen) atoms. The summed E-state index contributed by atoms with van der Waals surface area (Å²) in [5.41, 5.74) is 2.55. The lowest BCUT2D eigenvalue weighted by molar-refractivity contribution is -0.139. The molecule has 0 spiro atoms.